The summed E-state index contributed by atoms with van der Waals surface area (Å²) in [5, 5.41) is 0. The van der Waals surface area contributed by atoms with Crippen molar-refractivity contribution in [1.29, 1.82) is 0 Å². The quantitative estimate of drug-likeness (QED) is 0.801. The molecular weight excluding hydrogens is 228 g/mol. The van der Waals surface area contributed by atoms with E-state index in [0.717, 1.165) is 11.5 Å². The van der Waals surface area contributed by atoms with Crippen molar-refractivity contribution < 1.29 is 4.74 Å². The number of hydrogen-bond acceptors (Lipinski definition) is 4. The molecule has 18 heavy (non-hydrogen) atoms. The van der Waals surface area contributed by atoms with Crippen molar-refractivity contribution in [3.05, 3.63) is 11.5 Å². The van der Waals surface area contributed by atoms with E-state index in [4.69, 9.17) is 16.3 Å². The summed E-state index contributed by atoms with van der Waals surface area (Å²) >= 11 is 0. The number of nitrogens with zero attached hydrogens (tertiary/aromatic N) is 2. The van der Waals surface area contributed by atoms with Gasteiger partial charge in [-0.3, -0.25) is 0 Å². The summed E-state index contributed by atoms with van der Waals surface area (Å²) in [4.78, 5) is 4.66. The first-order chi connectivity index (χ1) is 8.44. The summed E-state index contributed by atoms with van der Waals surface area (Å²) in [5.41, 5.74) is 6.64. The molecule has 0 radical (unpaired) electrons. The minimum Gasteiger partial charge on any atom is -0.382 e. The molecule has 0 aromatic carbocycles. The largest absolute Gasteiger partial charge is 0.382 e. The molecule has 4 N–H and O–H groups in total. The van der Waals surface area contributed by atoms with Gasteiger partial charge in [0.2, 0.25) is 0 Å². The number of methoxy groups -OCH3 is 1. The van der Waals surface area contributed by atoms with Crippen LogP contribution in [0.15, 0.2) is 0 Å². The molecule has 1 fully saturated rings. The maximum atomic E-state index is 6.05. The summed E-state index contributed by atoms with van der Waals surface area (Å²) in [5.74, 6) is 8.01. The standard InChI is InChI=1S/C13H24N4O/c1-13(2,18-3)8-10-11(14)17(15)12(16-10)9-6-4-5-7-9/h9H,4-8,14-15H2,1-3H3. The highest BCUT2D eigenvalue weighted by atomic mass is 16.5. The van der Waals surface area contributed by atoms with Gasteiger partial charge in [-0.1, -0.05) is 12.8 Å². The van der Waals surface area contributed by atoms with Crippen LogP contribution in [0, 0.1) is 0 Å². The lowest BCUT2D eigenvalue weighted by Gasteiger charge is -2.21. The van der Waals surface area contributed by atoms with Crippen molar-refractivity contribution >= 4 is 5.82 Å². The lowest BCUT2D eigenvalue weighted by Crippen LogP contribution is -2.26. The van der Waals surface area contributed by atoms with Gasteiger partial charge in [0.15, 0.2) is 0 Å². The highest BCUT2D eigenvalue weighted by Gasteiger charge is 2.27. The van der Waals surface area contributed by atoms with E-state index in [1.165, 1.54) is 25.7 Å². The van der Waals surface area contributed by atoms with E-state index < -0.39 is 0 Å². The first kappa shape index (κ1) is 13.2. The summed E-state index contributed by atoms with van der Waals surface area (Å²) in [6.07, 6.45) is 5.54. The number of hydrogen-bond donors (Lipinski definition) is 2. The molecule has 5 nitrogen and oxygen atoms in total. The molecule has 0 unspecified atom stereocenters. The molecule has 1 aromatic heterocycles. The number of nitrogens with two attached hydrogens (primary N) is 2. The molecule has 1 aliphatic carbocycles. The lowest BCUT2D eigenvalue weighted by atomic mass is 10.0. The van der Waals surface area contributed by atoms with Crippen LogP contribution in [0.4, 0.5) is 5.82 Å². The van der Waals surface area contributed by atoms with E-state index in [9.17, 15) is 0 Å². The number of anilines is 1. The third-order valence-corrected chi connectivity index (χ3v) is 3.92. The van der Waals surface area contributed by atoms with Gasteiger partial charge >= 0.3 is 0 Å². The highest BCUT2D eigenvalue weighted by molar-refractivity contribution is 5.40. The van der Waals surface area contributed by atoms with Crippen molar-refractivity contribution in [1.82, 2.24) is 9.66 Å². The zero-order valence-corrected chi connectivity index (χ0v) is 11.6. The first-order valence-electron chi connectivity index (χ1n) is 6.62. The second kappa shape index (κ2) is 4.80. The van der Waals surface area contributed by atoms with Crippen molar-refractivity contribution in [2.24, 2.45) is 0 Å². The van der Waals surface area contributed by atoms with Gasteiger partial charge in [0.25, 0.3) is 0 Å². The Morgan fingerprint density at radius 3 is 2.56 bits per heavy atom. The molecule has 0 atom stereocenters. The van der Waals surface area contributed by atoms with Crippen molar-refractivity contribution in [3.8, 4) is 0 Å². The topological polar surface area (TPSA) is 79.1 Å². The molecule has 1 aliphatic rings. The molecule has 0 aliphatic heterocycles. The van der Waals surface area contributed by atoms with E-state index in [0.29, 0.717) is 18.2 Å². The van der Waals surface area contributed by atoms with E-state index >= 15 is 0 Å². The Balaban J connectivity index is 2.24. The molecular formula is C13H24N4O. The van der Waals surface area contributed by atoms with E-state index in [2.05, 4.69) is 4.98 Å². The first-order valence-corrected chi connectivity index (χ1v) is 6.62. The van der Waals surface area contributed by atoms with Gasteiger partial charge < -0.3 is 16.3 Å². The number of aromatic nitrogens is 2. The van der Waals surface area contributed by atoms with Crippen LogP contribution < -0.4 is 11.6 Å². The Kier molecular flexibility index (Phi) is 3.52. The third kappa shape index (κ3) is 2.46. The van der Waals surface area contributed by atoms with Crippen LogP contribution in [0.5, 0.6) is 0 Å². The third-order valence-electron chi connectivity index (χ3n) is 3.92. The molecule has 0 saturated heterocycles. The summed E-state index contributed by atoms with van der Waals surface area (Å²) < 4.78 is 6.99. The van der Waals surface area contributed by atoms with Crippen LogP contribution >= 0.6 is 0 Å². The smallest absolute Gasteiger partial charge is 0.146 e. The molecule has 2 rings (SSSR count). The summed E-state index contributed by atoms with van der Waals surface area (Å²) in [6, 6.07) is 0. The average Bonchev–Trinajstić information content (AvgIpc) is 2.93. The molecule has 1 saturated carbocycles. The Hall–Kier alpha value is -1.23. The molecule has 0 bridgehead atoms. The van der Waals surface area contributed by atoms with Crippen molar-refractivity contribution in [2.45, 2.75) is 57.5 Å². The fraction of sp³-hybridized carbons (Fsp3) is 0.769. The Morgan fingerprint density at radius 1 is 1.39 bits per heavy atom. The van der Waals surface area contributed by atoms with Crippen molar-refractivity contribution in [3.63, 3.8) is 0 Å². The molecule has 1 heterocycles. The van der Waals surface area contributed by atoms with Crippen LogP contribution in [0.2, 0.25) is 0 Å². The predicted molar refractivity (Wildman–Crippen MR) is 72.8 cm³/mol. The molecule has 5 heteroatoms. The second-order valence-corrected chi connectivity index (χ2v) is 5.79. The summed E-state index contributed by atoms with van der Waals surface area (Å²) in [7, 11) is 1.70. The van der Waals surface area contributed by atoms with Crippen LogP contribution in [0.3, 0.4) is 0 Å². The van der Waals surface area contributed by atoms with Gasteiger partial charge in [-0.2, -0.15) is 0 Å². The van der Waals surface area contributed by atoms with E-state index in [1.807, 2.05) is 13.8 Å². The van der Waals surface area contributed by atoms with Gasteiger partial charge in [0.1, 0.15) is 11.6 Å². The minimum atomic E-state index is -0.268. The van der Waals surface area contributed by atoms with Crippen LogP contribution in [-0.4, -0.2) is 22.4 Å². The summed E-state index contributed by atoms with van der Waals surface area (Å²) in [6.45, 7) is 4.05. The van der Waals surface area contributed by atoms with Crippen LogP contribution in [0.25, 0.3) is 0 Å². The fourth-order valence-electron chi connectivity index (χ4n) is 2.59. The maximum absolute atomic E-state index is 6.05. The maximum Gasteiger partial charge on any atom is 0.146 e. The second-order valence-electron chi connectivity index (χ2n) is 5.79. The minimum absolute atomic E-state index is 0.268. The van der Waals surface area contributed by atoms with Gasteiger partial charge in [-0.15, -0.1) is 0 Å². The average molecular weight is 252 g/mol. The van der Waals surface area contributed by atoms with Crippen LogP contribution in [0.1, 0.15) is 57.0 Å². The molecule has 102 valence electrons. The number of imidazole rings is 1. The zero-order valence-electron chi connectivity index (χ0n) is 11.6. The normalized spacial score (nSPS) is 17.5. The monoisotopic (exact) mass is 252 g/mol. The lowest BCUT2D eigenvalue weighted by molar-refractivity contribution is 0.0226. The Bertz CT molecular complexity index is 419. The molecule has 0 amide bonds. The number of rotatable bonds is 4. The molecule has 1 aromatic rings. The number of ether oxygens (including phenoxy) is 1. The zero-order chi connectivity index (χ0) is 13.3. The Labute approximate surface area is 108 Å². The van der Waals surface area contributed by atoms with Gasteiger partial charge in [-0.25, -0.2) is 9.66 Å². The highest BCUT2D eigenvalue weighted by Crippen LogP contribution is 2.34. The van der Waals surface area contributed by atoms with Crippen molar-refractivity contribution in [2.75, 3.05) is 18.7 Å². The predicted octanol–water partition coefficient (Wildman–Crippen LogP) is 1.80. The van der Waals surface area contributed by atoms with E-state index in [1.54, 1.807) is 11.8 Å². The van der Waals surface area contributed by atoms with Gasteiger partial charge in [0, 0.05) is 19.4 Å². The van der Waals surface area contributed by atoms with E-state index in [-0.39, 0.29) is 5.60 Å². The number of nitrogen functional groups attached to an aromatic ring is 2. The van der Waals surface area contributed by atoms with Gasteiger partial charge in [0.05, 0.1) is 11.3 Å². The van der Waals surface area contributed by atoms with Gasteiger partial charge in [-0.05, 0) is 26.7 Å². The Morgan fingerprint density at radius 2 is 2.00 bits per heavy atom. The van der Waals surface area contributed by atoms with Crippen LogP contribution in [-0.2, 0) is 11.2 Å². The molecule has 0 spiro atoms. The fourth-order valence-corrected chi connectivity index (χ4v) is 2.59. The SMILES string of the molecule is COC(C)(C)Cc1nc(C2CCCC2)n(N)c1N.